The SMILES string of the molecule is COc1cc(CNS(=O)(=O)CBr)cc(OC)c1OC. The molecule has 0 saturated carbocycles. The van der Waals surface area contributed by atoms with Crippen molar-refractivity contribution in [2.24, 2.45) is 0 Å². The summed E-state index contributed by atoms with van der Waals surface area (Å²) in [7, 11) is 1.20. The summed E-state index contributed by atoms with van der Waals surface area (Å²) in [6, 6.07) is 3.39. The summed E-state index contributed by atoms with van der Waals surface area (Å²) in [5.41, 5.74) is 0.707. The van der Waals surface area contributed by atoms with Gasteiger partial charge in [0, 0.05) is 6.54 Å². The second kappa shape index (κ2) is 6.97. The largest absolute Gasteiger partial charge is 0.493 e. The van der Waals surface area contributed by atoms with Crippen LogP contribution in [0.1, 0.15) is 5.56 Å². The normalized spacial score (nSPS) is 11.2. The van der Waals surface area contributed by atoms with E-state index in [-0.39, 0.29) is 11.2 Å². The van der Waals surface area contributed by atoms with E-state index in [1.807, 2.05) is 0 Å². The molecule has 0 aromatic heterocycles. The van der Waals surface area contributed by atoms with Gasteiger partial charge in [0.15, 0.2) is 11.5 Å². The van der Waals surface area contributed by atoms with Crippen molar-refractivity contribution in [1.82, 2.24) is 4.72 Å². The molecule has 0 radical (unpaired) electrons. The minimum atomic E-state index is -3.32. The van der Waals surface area contributed by atoms with Gasteiger partial charge in [0.1, 0.15) is 4.66 Å². The van der Waals surface area contributed by atoms with Crippen LogP contribution in [0, 0.1) is 0 Å². The Bertz CT molecular complexity index is 507. The quantitative estimate of drug-likeness (QED) is 0.751. The number of sulfonamides is 1. The van der Waals surface area contributed by atoms with Crippen molar-refractivity contribution in [2.75, 3.05) is 26.0 Å². The van der Waals surface area contributed by atoms with Crippen LogP contribution in [0.5, 0.6) is 17.2 Å². The van der Waals surface area contributed by atoms with Crippen molar-refractivity contribution in [2.45, 2.75) is 6.54 Å². The summed E-state index contributed by atoms with van der Waals surface area (Å²) < 4.78 is 40.6. The Morgan fingerprint density at radius 3 is 2.00 bits per heavy atom. The third-order valence-corrected chi connectivity index (χ3v) is 5.04. The number of hydrogen-bond acceptors (Lipinski definition) is 5. The Hall–Kier alpha value is -0.990. The Kier molecular flexibility index (Phi) is 5.89. The summed E-state index contributed by atoms with van der Waals surface area (Å²) in [4.78, 5) is 0. The van der Waals surface area contributed by atoms with Gasteiger partial charge in [-0.2, -0.15) is 0 Å². The van der Waals surface area contributed by atoms with Gasteiger partial charge in [0.25, 0.3) is 0 Å². The molecule has 0 aliphatic heterocycles. The van der Waals surface area contributed by atoms with Gasteiger partial charge >= 0.3 is 0 Å². The van der Waals surface area contributed by atoms with Crippen LogP contribution in [0.25, 0.3) is 0 Å². The number of benzene rings is 1. The van der Waals surface area contributed by atoms with Crippen LogP contribution in [0.2, 0.25) is 0 Å². The van der Waals surface area contributed by atoms with E-state index >= 15 is 0 Å². The zero-order valence-electron chi connectivity index (χ0n) is 10.9. The van der Waals surface area contributed by atoms with Crippen molar-refractivity contribution >= 4 is 26.0 Å². The molecule has 0 heterocycles. The first-order valence-corrected chi connectivity index (χ1v) is 8.07. The molecular weight excluding hydrogens is 338 g/mol. The summed E-state index contributed by atoms with van der Waals surface area (Å²) >= 11 is 2.90. The highest BCUT2D eigenvalue weighted by molar-refractivity contribution is 9.10. The van der Waals surface area contributed by atoms with E-state index in [1.54, 1.807) is 12.1 Å². The van der Waals surface area contributed by atoms with E-state index in [9.17, 15) is 8.42 Å². The molecule has 0 unspecified atom stereocenters. The zero-order valence-corrected chi connectivity index (χ0v) is 13.3. The first-order valence-electron chi connectivity index (χ1n) is 5.29. The lowest BCUT2D eigenvalue weighted by Gasteiger charge is -2.14. The smallest absolute Gasteiger partial charge is 0.221 e. The predicted octanol–water partition coefficient (Wildman–Crippen LogP) is 1.48. The van der Waals surface area contributed by atoms with Crippen molar-refractivity contribution in [3.8, 4) is 17.2 Å². The van der Waals surface area contributed by atoms with Gasteiger partial charge in [0.05, 0.1) is 21.3 Å². The topological polar surface area (TPSA) is 73.9 Å². The minimum absolute atomic E-state index is 0.143. The van der Waals surface area contributed by atoms with Gasteiger partial charge in [-0.05, 0) is 17.7 Å². The molecule has 0 amide bonds. The summed E-state index contributed by atoms with van der Waals surface area (Å²) in [6.07, 6.45) is 0. The van der Waals surface area contributed by atoms with Crippen LogP contribution in [0.15, 0.2) is 12.1 Å². The number of alkyl halides is 1. The third kappa shape index (κ3) is 4.26. The summed E-state index contributed by atoms with van der Waals surface area (Å²) in [5.74, 6) is 1.43. The first-order chi connectivity index (χ1) is 8.97. The molecule has 0 bridgehead atoms. The Morgan fingerprint density at radius 2 is 1.63 bits per heavy atom. The number of nitrogens with one attached hydrogen (secondary N) is 1. The van der Waals surface area contributed by atoms with Gasteiger partial charge < -0.3 is 14.2 Å². The highest BCUT2D eigenvalue weighted by atomic mass is 79.9. The van der Waals surface area contributed by atoms with Gasteiger partial charge in [-0.1, -0.05) is 15.9 Å². The van der Waals surface area contributed by atoms with E-state index in [4.69, 9.17) is 14.2 Å². The van der Waals surface area contributed by atoms with Gasteiger partial charge in [-0.25, -0.2) is 13.1 Å². The van der Waals surface area contributed by atoms with E-state index in [1.165, 1.54) is 21.3 Å². The maximum absolute atomic E-state index is 11.4. The van der Waals surface area contributed by atoms with E-state index in [0.29, 0.717) is 22.8 Å². The third-order valence-electron chi connectivity index (χ3n) is 2.36. The number of methoxy groups -OCH3 is 3. The lowest BCUT2D eigenvalue weighted by atomic mass is 10.2. The standard InChI is InChI=1S/C11H16BrNO5S/c1-16-9-4-8(6-13-19(14,15)7-12)5-10(17-2)11(9)18-3/h4-5,13H,6-7H2,1-3H3. The van der Waals surface area contributed by atoms with E-state index in [2.05, 4.69) is 20.7 Å². The van der Waals surface area contributed by atoms with Crippen LogP contribution in [0.4, 0.5) is 0 Å². The Balaban J connectivity index is 3.03. The molecule has 0 atom stereocenters. The highest BCUT2D eigenvalue weighted by Crippen LogP contribution is 2.38. The molecule has 8 heteroatoms. The number of ether oxygens (including phenoxy) is 3. The molecule has 1 aromatic carbocycles. The van der Waals surface area contributed by atoms with Crippen LogP contribution in [-0.4, -0.2) is 34.4 Å². The zero-order chi connectivity index (χ0) is 14.5. The van der Waals surface area contributed by atoms with Crippen LogP contribution in [-0.2, 0) is 16.6 Å². The molecule has 108 valence electrons. The predicted molar refractivity (Wildman–Crippen MR) is 75.7 cm³/mol. The van der Waals surface area contributed by atoms with Crippen molar-refractivity contribution in [3.05, 3.63) is 17.7 Å². The van der Waals surface area contributed by atoms with Crippen LogP contribution >= 0.6 is 15.9 Å². The fourth-order valence-electron chi connectivity index (χ4n) is 1.47. The molecule has 0 saturated heterocycles. The maximum Gasteiger partial charge on any atom is 0.221 e. The van der Waals surface area contributed by atoms with Gasteiger partial charge in [0.2, 0.25) is 15.8 Å². The Morgan fingerprint density at radius 1 is 1.11 bits per heavy atom. The second-order valence-electron chi connectivity index (χ2n) is 3.58. The molecule has 0 fully saturated rings. The highest BCUT2D eigenvalue weighted by Gasteiger charge is 2.14. The van der Waals surface area contributed by atoms with Crippen molar-refractivity contribution < 1.29 is 22.6 Å². The van der Waals surface area contributed by atoms with E-state index < -0.39 is 10.0 Å². The molecule has 1 N–H and O–H groups in total. The van der Waals surface area contributed by atoms with Gasteiger partial charge in [-0.3, -0.25) is 0 Å². The number of rotatable bonds is 7. The van der Waals surface area contributed by atoms with Gasteiger partial charge in [-0.15, -0.1) is 0 Å². The molecule has 0 aliphatic rings. The first kappa shape index (κ1) is 16.1. The minimum Gasteiger partial charge on any atom is -0.493 e. The Labute approximate surface area is 121 Å². The van der Waals surface area contributed by atoms with Crippen LogP contribution in [0.3, 0.4) is 0 Å². The molecule has 1 rings (SSSR count). The fourth-order valence-corrected chi connectivity index (χ4v) is 2.42. The van der Waals surface area contributed by atoms with Crippen LogP contribution < -0.4 is 18.9 Å². The molecule has 19 heavy (non-hydrogen) atoms. The second-order valence-corrected chi connectivity index (χ2v) is 6.69. The summed E-state index contributed by atoms with van der Waals surface area (Å²) in [5, 5.41) is 0. The van der Waals surface area contributed by atoms with Crippen molar-refractivity contribution in [1.29, 1.82) is 0 Å². The average Bonchev–Trinajstić information content (AvgIpc) is 2.43. The maximum atomic E-state index is 11.4. The number of halogens is 1. The van der Waals surface area contributed by atoms with E-state index in [0.717, 1.165) is 0 Å². The number of hydrogen-bond donors (Lipinski definition) is 1. The molecule has 0 spiro atoms. The molecule has 0 aliphatic carbocycles. The fraction of sp³-hybridized carbons (Fsp3) is 0.455. The molecule has 6 nitrogen and oxygen atoms in total. The lowest BCUT2D eigenvalue weighted by molar-refractivity contribution is 0.323. The van der Waals surface area contributed by atoms with Crippen molar-refractivity contribution in [3.63, 3.8) is 0 Å². The monoisotopic (exact) mass is 353 g/mol. The summed E-state index contributed by atoms with van der Waals surface area (Å²) in [6.45, 7) is 0.143. The lowest BCUT2D eigenvalue weighted by Crippen LogP contribution is -2.23. The molecular formula is C11H16BrNO5S. The average molecular weight is 354 g/mol. The molecule has 1 aromatic rings.